The van der Waals surface area contributed by atoms with Crippen LogP contribution in [0.5, 0.6) is 5.75 Å². The van der Waals surface area contributed by atoms with Gasteiger partial charge in [0.15, 0.2) is 11.0 Å². The lowest BCUT2D eigenvalue weighted by molar-refractivity contribution is -0.664. The van der Waals surface area contributed by atoms with Gasteiger partial charge < -0.3 is 21.5 Å². The molecule has 0 fully saturated rings. The number of hydrogen-bond acceptors (Lipinski definition) is 4. The number of amides is 1. The zero-order valence-corrected chi connectivity index (χ0v) is 19.5. The first kappa shape index (κ1) is 23.5. The van der Waals surface area contributed by atoms with E-state index in [1.807, 2.05) is 53.1 Å². The number of imidazole rings is 1. The van der Waals surface area contributed by atoms with Crippen LogP contribution in [0.3, 0.4) is 0 Å². The lowest BCUT2D eigenvalue weighted by Gasteiger charge is -2.11. The fourth-order valence-electron chi connectivity index (χ4n) is 4.04. The summed E-state index contributed by atoms with van der Waals surface area (Å²) in [5.41, 5.74) is 16.8. The number of ether oxygens (including phenoxy) is 1. The first-order valence-electron chi connectivity index (χ1n) is 11.6. The van der Waals surface area contributed by atoms with Crippen LogP contribution in [0.4, 0.5) is 0 Å². The van der Waals surface area contributed by atoms with E-state index in [0.717, 1.165) is 46.3 Å². The van der Waals surface area contributed by atoms with E-state index in [4.69, 9.17) is 16.2 Å². The molecular weight excluding hydrogens is 426 g/mol. The molecule has 0 unspecified atom stereocenters. The maximum Gasteiger partial charge on any atom is 0.346 e. The second-order valence-electron chi connectivity index (χ2n) is 8.41. The SMILES string of the molecule is COc1ccc(-c2ccc3[nH]c(C(=O)NC[C@@H](N)CCCN)[n+](Cc4ccccc4)c3c2)cc1. The number of hydrogen-bond donors (Lipinski definition) is 4. The molecule has 0 aliphatic rings. The van der Waals surface area contributed by atoms with Gasteiger partial charge in [0.25, 0.3) is 0 Å². The summed E-state index contributed by atoms with van der Waals surface area (Å²) in [6.07, 6.45) is 1.62. The maximum atomic E-state index is 13.2. The zero-order chi connectivity index (χ0) is 23.9. The predicted molar refractivity (Wildman–Crippen MR) is 135 cm³/mol. The van der Waals surface area contributed by atoms with Gasteiger partial charge in [0.1, 0.15) is 12.3 Å². The molecule has 4 aromatic rings. The normalized spacial score (nSPS) is 12.0. The number of nitrogens with one attached hydrogen (secondary N) is 2. The van der Waals surface area contributed by atoms with Crippen molar-refractivity contribution in [2.45, 2.75) is 25.4 Å². The number of rotatable bonds is 10. The highest BCUT2D eigenvalue weighted by Gasteiger charge is 2.26. The quantitative estimate of drug-likeness (QED) is 0.274. The van der Waals surface area contributed by atoms with Gasteiger partial charge in [-0.2, -0.15) is 0 Å². The number of carbonyl (C=O) groups excluding carboxylic acids is 1. The van der Waals surface area contributed by atoms with Crippen molar-refractivity contribution in [2.75, 3.05) is 20.2 Å². The lowest BCUT2D eigenvalue weighted by atomic mass is 10.0. The molecule has 4 rings (SSSR count). The number of nitrogens with two attached hydrogens (primary N) is 2. The molecule has 0 aliphatic heterocycles. The van der Waals surface area contributed by atoms with Crippen molar-refractivity contribution in [2.24, 2.45) is 11.5 Å². The molecule has 0 saturated heterocycles. The Hall–Kier alpha value is -3.68. The number of aromatic nitrogens is 2. The van der Waals surface area contributed by atoms with E-state index in [1.54, 1.807) is 7.11 Å². The van der Waals surface area contributed by atoms with Gasteiger partial charge in [0, 0.05) is 12.6 Å². The van der Waals surface area contributed by atoms with Gasteiger partial charge in [-0.3, -0.25) is 4.79 Å². The summed E-state index contributed by atoms with van der Waals surface area (Å²) >= 11 is 0. The monoisotopic (exact) mass is 458 g/mol. The summed E-state index contributed by atoms with van der Waals surface area (Å²) in [5, 5.41) is 2.98. The van der Waals surface area contributed by atoms with Crippen LogP contribution in [-0.2, 0) is 6.54 Å². The number of carbonyl (C=O) groups is 1. The van der Waals surface area contributed by atoms with Gasteiger partial charge in [0.05, 0.1) is 7.11 Å². The van der Waals surface area contributed by atoms with Crippen molar-refractivity contribution >= 4 is 16.9 Å². The molecule has 0 radical (unpaired) electrons. The first-order valence-corrected chi connectivity index (χ1v) is 11.6. The van der Waals surface area contributed by atoms with E-state index < -0.39 is 0 Å². The minimum atomic E-state index is -0.179. The Labute approximate surface area is 199 Å². The molecular formula is C27H32N5O2+. The van der Waals surface area contributed by atoms with E-state index in [1.165, 1.54) is 0 Å². The predicted octanol–water partition coefficient (Wildman–Crippen LogP) is 2.98. The third kappa shape index (κ3) is 5.44. The topological polar surface area (TPSA) is 110 Å². The van der Waals surface area contributed by atoms with Crippen LogP contribution >= 0.6 is 0 Å². The fourth-order valence-corrected chi connectivity index (χ4v) is 4.04. The van der Waals surface area contributed by atoms with Crippen LogP contribution in [0.25, 0.3) is 22.2 Å². The van der Waals surface area contributed by atoms with Gasteiger partial charge in [-0.1, -0.05) is 42.5 Å². The molecule has 0 bridgehead atoms. The van der Waals surface area contributed by atoms with Gasteiger partial charge >= 0.3 is 11.7 Å². The number of nitrogens with zero attached hydrogens (tertiary/aromatic N) is 1. The Balaban J connectivity index is 1.69. The summed E-state index contributed by atoms with van der Waals surface area (Å²) in [5.74, 6) is 1.13. The van der Waals surface area contributed by atoms with Crippen LogP contribution in [0.1, 0.15) is 29.0 Å². The summed E-state index contributed by atoms with van der Waals surface area (Å²) in [7, 11) is 1.66. The van der Waals surface area contributed by atoms with E-state index >= 15 is 0 Å². The standard InChI is InChI=1S/C27H31N5O2/c1-34-23-12-9-20(10-13-23)21-11-14-24-25(16-21)32(18-19-6-3-2-4-7-19)26(31-24)27(33)30-17-22(29)8-5-15-28/h2-4,6-7,9-14,16,22H,5,8,15,17-18,28-29H2,1H3,(H,30,33)/p+1/t22-/m0/s1. The van der Waals surface area contributed by atoms with Crippen molar-refractivity contribution in [1.82, 2.24) is 10.3 Å². The second kappa shape index (κ2) is 11.0. The van der Waals surface area contributed by atoms with Gasteiger partial charge in [-0.25, -0.2) is 9.55 Å². The summed E-state index contributed by atoms with van der Waals surface area (Å²) in [6.45, 7) is 1.56. The molecule has 34 heavy (non-hydrogen) atoms. The average Bonchev–Trinajstić information content (AvgIpc) is 3.24. The molecule has 1 atom stereocenters. The van der Waals surface area contributed by atoms with Crippen LogP contribution in [-0.4, -0.2) is 37.1 Å². The maximum absolute atomic E-state index is 13.2. The van der Waals surface area contributed by atoms with E-state index in [9.17, 15) is 4.79 Å². The van der Waals surface area contributed by atoms with Crippen molar-refractivity contribution in [3.8, 4) is 16.9 Å². The van der Waals surface area contributed by atoms with E-state index in [2.05, 4.69) is 34.6 Å². The van der Waals surface area contributed by atoms with E-state index in [-0.39, 0.29) is 11.9 Å². The van der Waals surface area contributed by atoms with Crippen molar-refractivity contribution in [3.05, 3.63) is 84.2 Å². The van der Waals surface area contributed by atoms with Crippen LogP contribution in [0.15, 0.2) is 72.8 Å². The Kier molecular flexibility index (Phi) is 7.57. The van der Waals surface area contributed by atoms with Gasteiger partial charge in [-0.15, -0.1) is 0 Å². The summed E-state index contributed by atoms with van der Waals surface area (Å²) in [4.78, 5) is 16.5. The molecule has 3 aromatic carbocycles. The Morgan fingerprint density at radius 3 is 2.50 bits per heavy atom. The number of benzene rings is 3. The highest BCUT2D eigenvalue weighted by molar-refractivity contribution is 5.92. The number of aromatic amines is 1. The number of methoxy groups -OCH3 is 1. The first-order chi connectivity index (χ1) is 16.6. The highest BCUT2D eigenvalue weighted by Crippen LogP contribution is 2.25. The lowest BCUT2D eigenvalue weighted by Crippen LogP contribution is -2.45. The van der Waals surface area contributed by atoms with Crippen molar-refractivity contribution in [3.63, 3.8) is 0 Å². The van der Waals surface area contributed by atoms with Crippen molar-refractivity contribution in [1.29, 1.82) is 0 Å². The highest BCUT2D eigenvalue weighted by atomic mass is 16.5. The Morgan fingerprint density at radius 1 is 1.06 bits per heavy atom. The Morgan fingerprint density at radius 2 is 1.79 bits per heavy atom. The summed E-state index contributed by atoms with van der Waals surface area (Å²) in [6, 6.07) is 24.1. The number of fused-ring (bicyclic) bond motifs is 1. The largest absolute Gasteiger partial charge is 0.497 e. The smallest absolute Gasteiger partial charge is 0.346 e. The average molecular weight is 459 g/mol. The van der Waals surface area contributed by atoms with Gasteiger partial charge in [-0.05, 0) is 66.4 Å². The molecule has 176 valence electrons. The molecule has 1 heterocycles. The molecule has 0 aliphatic carbocycles. The van der Waals surface area contributed by atoms with E-state index in [0.29, 0.717) is 25.5 Å². The van der Waals surface area contributed by atoms with Gasteiger partial charge in [0.2, 0.25) is 0 Å². The number of H-pyrrole nitrogens is 1. The molecule has 0 saturated carbocycles. The molecule has 7 nitrogen and oxygen atoms in total. The molecule has 6 N–H and O–H groups in total. The molecule has 7 heteroatoms. The molecule has 0 spiro atoms. The molecule has 1 aromatic heterocycles. The Bertz CT molecular complexity index is 1240. The minimum absolute atomic E-state index is 0.124. The fraction of sp³-hybridized carbons (Fsp3) is 0.259. The third-order valence-corrected chi connectivity index (χ3v) is 5.94. The van der Waals surface area contributed by atoms with Crippen LogP contribution in [0, 0.1) is 0 Å². The minimum Gasteiger partial charge on any atom is -0.497 e. The summed E-state index contributed by atoms with van der Waals surface area (Å²) < 4.78 is 7.31. The van der Waals surface area contributed by atoms with Crippen LogP contribution in [0.2, 0.25) is 0 Å². The zero-order valence-electron chi connectivity index (χ0n) is 19.5. The molecule has 1 amide bonds. The van der Waals surface area contributed by atoms with Crippen molar-refractivity contribution < 1.29 is 14.1 Å². The van der Waals surface area contributed by atoms with Crippen LogP contribution < -0.4 is 26.1 Å². The second-order valence-corrected chi connectivity index (χ2v) is 8.41. The third-order valence-electron chi connectivity index (χ3n) is 5.94.